The third-order valence-electron chi connectivity index (χ3n) is 3.43. The maximum absolute atomic E-state index is 12.1. The number of nitrogens with zero attached hydrogens (tertiary/aromatic N) is 1. The largest absolute Gasteiger partial charge is 0.480 e. The first kappa shape index (κ1) is 14.3. The maximum Gasteiger partial charge on any atom is 0.326 e. The van der Waals surface area contributed by atoms with Crippen LogP contribution < -0.4 is 5.32 Å². The molecule has 3 N–H and O–H groups in total. The Morgan fingerprint density at radius 1 is 1.30 bits per heavy atom. The molecule has 0 radical (unpaired) electrons. The summed E-state index contributed by atoms with van der Waals surface area (Å²) in [4.78, 5) is 24.6. The van der Waals surface area contributed by atoms with Crippen LogP contribution in [0.1, 0.15) is 17.5 Å². The van der Waals surface area contributed by atoms with Crippen molar-refractivity contribution >= 4 is 12.0 Å². The number of rotatable bonds is 4. The van der Waals surface area contributed by atoms with E-state index in [9.17, 15) is 9.59 Å². The lowest BCUT2D eigenvalue weighted by molar-refractivity contribution is -0.139. The molecule has 0 aromatic heterocycles. The van der Waals surface area contributed by atoms with Crippen LogP contribution in [0.15, 0.2) is 24.3 Å². The van der Waals surface area contributed by atoms with Gasteiger partial charge < -0.3 is 20.4 Å². The number of aliphatic carboxylic acids is 1. The number of carbonyl (C=O) groups is 2. The second-order valence-corrected chi connectivity index (χ2v) is 4.79. The Kier molecular flexibility index (Phi) is 4.57. The lowest BCUT2D eigenvalue weighted by atomic mass is 10.0. The van der Waals surface area contributed by atoms with Gasteiger partial charge in [0.25, 0.3) is 0 Å². The molecule has 0 saturated carbocycles. The number of hydrogen-bond acceptors (Lipinski definition) is 3. The summed E-state index contributed by atoms with van der Waals surface area (Å²) in [7, 11) is 0. The molecule has 20 heavy (non-hydrogen) atoms. The number of carboxylic acids is 1. The highest BCUT2D eigenvalue weighted by Crippen LogP contribution is 2.18. The number of fused-ring (bicyclic) bond motifs is 1. The van der Waals surface area contributed by atoms with Gasteiger partial charge in [0.2, 0.25) is 0 Å². The molecule has 1 atom stereocenters. The molecule has 1 heterocycles. The molecule has 2 amide bonds. The number of carboxylic acid groups (broad SMARTS) is 1. The van der Waals surface area contributed by atoms with Gasteiger partial charge in [0.1, 0.15) is 6.04 Å². The van der Waals surface area contributed by atoms with Gasteiger partial charge in [-0.1, -0.05) is 24.3 Å². The van der Waals surface area contributed by atoms with Crippen molar-refractivity contribution in [1.29, 1.82) is 0 Å². The zero-order valence-electron chi connectivity index (χ0n) is 11.1. The molecule has 0 bridgehead atoms. The van der Waals surface area contributed by atoms with Gasteiger partial charge in [0, 0.05) is 26.1 Å². The van der Waals surface area contributed by atoms with E-state index in [0.717, 1.165) is 12.0 Å². The smallest absolute Gasteiger partial charge is 0.326 e. The molecule has 6 nitrogen and oxygen atoms in total. The van der Waals surface area contributed by atoms with Crippen molar-refractivity contribution < 1.29 is 19.8 Å². The summed E-state index contributed by atoms with van der Waals surface area (Å²) < 4.78 is 0. The molecule has 108 valence electrons. The summed E-state index contributed by atoms with van der Waals surface area (Å²) in [6.07, 6.45) is 0.771. The van der Waals surface area contributed by atoms with Crippen molar-refractivity contribution in [3.8, 4) is 0 Å². The Labute approximate surface area is 117 Å². The Balaban J connectivity index is 1.99. The standard InChI is InChI=1S/C14H18N2O4/c17-8-6-12(13(18)19)15-14(20)16-7-5-10-3-1-2-4-11(10)9-16/h1-4,12,17H,5-9H2,(H,15,20)(H,18,19)/t12-/m0/s1. The minimum atomic E-state index is -1.13. The van der Waals surface area contributed by atoms with E-state index in [1.54, 1.807) is 4.90 Å². The van der Waals surface area contributed by atoms with Crippen LogP contribution in [0.25, 0.3) is 0 Å². The molecular formula is C14H18N2O4. The first-order chi connectivity index (χ1) is 9.61. The second-order valence-electron chi connectivity index (χ2n) is 4.79. The van der Waals surface area contributed by atoms with E-state index in [0.29, 0.717) is 13.1 Å². The highest BCUT2D eigenvalue weighted by atomic mass is 16.4. The first-order valence-electron chi connectivity index (χ1n) is 6.57. The third kappa shape index (κ3) is 3.27. The van der Waals surface area contributed by atoms with Crippen molar-refractivity contribution in [3.05, 3.63) is 35.4 Å². The molecule has 0 spiro atoms. The minimum absolute atomic E-state index is 0.00546. The average molecular weight is 278 g/mol. The summed E-state index contributed by atoms with van der Waals surface area (Å²) >= 11 is 0. The van der Waals surface area contributed by atoms with Gasteiger partial charge in [-0.2, -0.15) is 0 Å². The summed E-state index contributed by atoms with van der Waals surface area (Å²) in [5.74, 6) is -1.13. The average Bonchev–Trinajstić information content (AvgIpc) is 2.46. The van der Waals surface area contributed by atoms with Crippen LogP contribution in [-0.2, 0) is 17.8 Å². The predicted molar refractivity (Wildman–Crippen MR) is 72.2 cm³/mol. The fraction of sp³-hybridized carbons (Fsp3) is 0.429. The molecule has 2 rings (SSSR count). The van der Waals surface area contributed by atoms with Gasteiger partial charge >= 0.3 is 12.0 Å². The van der Waals surface area contributed by atoms with Gasteiger partial charge in [-0.15, -0.1) is 0 Å². The van der Waals surface area contributed by atoms with E-state index < -0.39 is 18.0 Å². The van der Waals surface area contributed by atoms with Gasteiger partial charge in [-0.3, -0.25) is 0 Å². The summed E-state index contributed by atoms with van der Waals surface area (Å²) in [6.45, 7) is 0.766. The number of hydrogen-bond donors (Lipinski definition) is 3. The van der Waals surface area contributed by atoms with Crippen molar-refractivity contribution in [3.63, 3.8) is 0 Å². The van der Waals surface area contributed by atoms with Gasteiger partial charge in [-0.25, -0.2) is 9.59 Å². The Morgan fingerprint density at radius 2 is 2.00 bits per heavy atom. The number of aliphatic hydroxyl groups is 1. The normalized spacial score (nSPS) is 15.3. The van der Waals surface area contributed by atoms with E-state index in [-0.39, 0.29) is 13.0 Å². The molecule has 0 aliphatic carbocycles. The monoisotopic (exact) mass is 278 g/mol. The number of urea groups is 1. The van der Waals surface area contributed by atoms with Crippen LogP contribution in [0.2, 0.25) is 0 Å². The molecule has 1 aliphatic heterocycles. The van der Waals surface area contributed by atoms with E-state index in [1.165, 1.54) is 5.56 Å². The van der Waals surface area contributed by atoms with Crippen LogP contribution in [0.5, 0.6) is 0 Å². The SMILES string of the molecule is O=C(O)[C@H](CCO)NC(=O)N1CCc2ccccc2C1. The first-order valence-corrected chi connectivity index (χ1v) is 6.57. The number of amides is 2. The lowest BCUT2D eigenvalue weighted by Crippen LogP contribution is -2.49. The molecule has 0 saturated heterocycles. The number of aliphatic hydroxyl groups excluding tert-OH is 1. The van der Waals surface area contributed by atoms with Crippen LogP contribution in [0.3, 0.4) is 0 Å². The van der Waals surface area contributed by atoms with E-state index in [4.69, 9.17) is 10.2 Å². The minimum Gasteiger partial charge on any atom is -0.480 e. The van der Waals surface area contributed by atoms with Gasteiger partial charge in [-0.05, 0) is 17.5 Å². The number of nitrogens with one attached hydrogen (secondary N) is 1. The zero-order chi connectivity index (χ0) is 14.5. The number of benzene rings is 1. The number of carbonyl (C=O) groups excluding carboxylic acids is 1. The van der Waals surface area contributed by atoms with E-state index in [2.05, 4.69) is 5.32 Å². The van der Waals surface area contributed by atoms with Crippen molar-refractivity contribution in [1.82, 2.24) is 10.2 Å². The Hall–Kier alpha value is -2.08. The highest BCUT2D eigenvalue weighted by Gasteiger charge is 2.25. The fourth-order valence-corrected chi connectivity index (χ4v) is 2.30. The lowest BCUT2D eigenvalue weighted by Gasteiger charge is -2.30. The third-order valence-corrected chi connectivity index (χ3v) is 3.43. The zero-order valence-corrected chi connectivity index (χ0v) is 11.1. The topological polar surface area (TPSA) is 89.9 Å². The highest BCUT2D eigenvalue weighted by molar-refractivity contribution is 5.82. The van der Waals surface area contributed by atoms with E-state index >= 15 is 0 Å². The molecule has 1 aliphatic rings. The molecule has 1 aromatic carbocycles. The van der Waals surface area contributed by atoms with E-state index in [1.807, 2.05) is 24.3 Å². The maximum atomic E-state index is 12.1. The molecule has 0 fully saturated rings. The molecular weight excluding hydrogens is 260 g/mol. The molecule has 6 heteroatoms. The van der Waals surface area contributed by atoms with Crippen molar-refractivity contribution in [2.75, 3.05) is 13.2 Å². The van der Waals surface area contributed by atoms with Crippen molar-refractivity contribution in [2.24, 2.45) is 0 Å². The summed E-state index contributed by atoms with van der Waals surface area (Å²) in [6, 6.07) is 6.45. The van der Waals surface area contributed by atoms with Crippen LogP contribution in [0, 0.1) is 0 Å². The van der Waals surface area contributed by atoms with Crippen LogP contribution in [-0.4, -0.2) is 46.3 Å². The molecule has 1 aromatic rings. The fourth-order valence-electron chi connectivity index (χ4n) is 2.30. The van der Waals surface area contributed by atoms with Gasteiger partial charge in [0.15, 0.2) is 0 Å². The predicted octanol–water partition coefficient (Wildman–Crippen LogP) is 0.590. The Bertz CT molecular complexity index is 504. The van der Waals surface area contributed by atoms with Crippen LogP contribution >= 0.6 is 0 Å². The Morgan fingerprint density at radius 3 is 2.65 bits per heavy atom. The summed E-state index contributed by atoms with van der Waals surface area (Å²) in [5, 5.41) is 20.2. The molecule has 0 unspecified atom stereocenters. The summed E-state index contributed by atoms with van der Waals surface area (Å²) in [5.41, 5.74) is 2.31. The quantitative estimate of drug-likeness (QED) is 0.752. The van der Waals surface area contributed by atoms with Crippen LogP contribution in [0.4, 0.5) is 4.79 Å². The second kappa shape index (κ2) is 6.38. The van der Waals surface area contributed by atoms with Gasteiger partial charge in [0.05, 0.1) is 0 Å². The van der Waals surface area contributed by atoms with Crippen molar-refractivity contribution in [2.45, 2.75) is 25.4 Å².